The highest BCUT2D eigenvalue weighted by Gasteiger charge is 1.93. The van der Waals surface area contributed by atoms with E-state index in [2.05, 4.69) is 10.3 Å². The van der Waals surface area contributed by atoms with Gasteiger partial charge in [0.05, 0.1) is 17.1 Å². The van der Waals surface area contributed by atoms with Crippen LogP contribution in [0.1, 0.15) is 11.4 Å². The third-order valence-electron chi connectivity index (χ3n) is 1.76. The van der Waals surface area contributed by atoms with Crippen molar-refractivity contribution in [1.29, 1.82) is 0 Å². The third kappa shape index (κ3) is 2.87. The first-order valence-corrected chi connectivity index (χ1v) is 4.28. The summed E-state index contributed by atoms with van der Waals surface area (Å²) in [5, 5.41) is 3.02. The van der Waals surface area contributed by atoms with E-state index < -0.39 is 0 Å². The average Bonchev–Trinajstić information content (AvgIpc) is 2.12. The Morgan fingerprint density at radius 1 is 1.54 bits per heavy atom. The summed E-state index contributed by atoms with van der Waals surface area (Å²) in [6.07, 6.45) is 4.00. The quantitative estimate of drug-likeness (QED) is 0.729. The van der Waals surface area contributed by atoms with Gasteiger partial charge in [-0.3, -0.25) is 4.98 Å². The molecule has 70 valence electrons. The normalized spacial score (nSPS) is 10.9. The van der Waals surface area contributed by atoms with E-state index in [4.69, 9.17) is 5.73 Å². The maximum atomic E-state index is 5.64. The van der Waals surface area contributed by atoms with Crippen LogP contribution in [0.15, 0.2) is 18.2 Å². The molecule has 0 saturated carbocycles. The van der Waals surface area contributed by atoms with E-state index in [-0.39, 0.29) is 0 Å². The molecule has 0 saturated heterocycles. The summed E-state index contributed by atoms with van der Waals surface area (Å²) in [7, 11) is 1.91. The minimum absolute atomic E-state index is 0.741. The summed E-state index contributed by atoms with van der Waals surface area (Å²) in [6.45, 7) is 2.76. The Kier molecular flexibility index (Phi) is 3.46. The Bertz CT molecular complexity index is 305. The molecule has 0 spiro atoms. The van der Waals surface area contributed by atoms with Gasteiger partial charge in [0.2, 0.25) is 0 Å². The van der Waals surface area contributed by atoms with Crippen molar-refractivity contribution in [1.82, 2.24) is 10.3 Å². The molecule has 0 radical (unpaired) electrons. The van der Waals surface area contributed by atoms with Crippen LogP contribution in [0.4, 0.5) is 5.69 Å². The number of likely N-dealkylation sites (N-methyl/N-ethyl adjacent to an activating group) is 1. The number of pyridine rings is 1. The van der Waals surface area contributed by atoms with Gasteiger partial charge in [0.15, 0.2) is 0 Å². The van der Waals surface area contributed by atoms with Gasteiger partial charge in [-0.05, 0) is 32.2 Å². The number of rotatable bonds is 3. The van der Waals surface area contributed by atoms with Crippen molar-refractivity contribution in [2.24, 2.45) is 0 Å². The minimum atomic E-state index is 0.741. The second kappa shape index (κ2) is 4.62. The fourth-order valence-electron chi connectivity index (χ4n) is 0.982. The van der Waals surface area contributed by atoms with Gasteiger partial charge in [-0.15, -0.1) is 0 Å². The molecule has 1 heterocycles. The van der Waals surface area contributed by atoms with Crippen molar-refractivity contribution < 1.29 is 0 Å². The van der Waals surface area contributed by atoms with Crippen LogP contribution < -0.4 is 11.1 Å². The molecule has 0 aromatic carbocycles. The number of nitrogen functional groups attached to an aromatic ring is 1. The Balaban J connectivity index is 2.73. The first-order chi connectivity index (χ1) is 6.24. The molecule has 13 heavy (non-hydrogen) atoms. The monoisotopic (exact) mass is 177 g/mol. The molecule has 3 N–H and O–H groups in total. The maximum absolute atomic E-state index is 5.64. The maximum Gasteiger partial charge on any atom is 0.0631 e. The van der Waals surface area contributed by atoms with Crippen LogP contribution in [-0.2, 0) is 0 Å². The average molecular weight is 177 g/mol. The van der Waals surface area contributed by atoms with Gasteiger partial charge in [-0.25, -0.2) is 0 Å². The molecule has 0 fully saturated rings. The zero-order chi connectivity index (χ0) is 9.68. The fourth-order valence-corrected chi connectivity index (χ4v) is 0.982. The number of nitrogens with one attached hydrogen (secondary N) is 1. The summed E-state index contributed by atoms with van der Waals surface area (Å²) in [4.78, 5) is 4.30. The highest BCUT2D eigenvalue weighted by atomic mass is 14.8. The van der Waals surface area contributed by atoms with Crippen molar-refractivity contribution in [3.05, 3.63) is 29.6 Å². The van der Waals surface area contributed by atoms with Gasteiger partial charge in [0.1, 0.15) is 0 Å². The SMILES string of the molecule is CNCC=Cc1ccc(N)c(C)n1. The zero-order valence-corrected chi connectivity index (χ0v) is 8.04. The summed E-state index contributed by atoms with van der Waals surface area (Å²) in [6, 6.07) is 3.79. The van der Waals surface area contributed by atoms with Crippen LogP contribution in [0, 0.1) is 6.92 Å². The Morgan fingerprint density at radius 3 is 2.92 bits per heavy atom. The second-order valence-corrected chi connectivity index (χ2v) is 2.87. The third-order valence-corrected chi connectivity index (χ3v) is 1.76. The lowest BCUT2D eigenvalue weighted by Crippen LogP contribution is -2.03. The largest absolute Gasteiger partial charge is 0.397 e. The van der Waals surface area contributed by atoms with Crippen molar-refractivity contribution >= 4 is 11.8 Å². The Labute approximate surface area is 78.7 Å². The molecular weight excluding hydrogens is 162 g/mol. The van der Waals surface area contributed by atoms with Gasteiger partial charge in [-0.2, -0.15) is 0 Å². The Morgan fingerprint density at radius 2 is 2.31 bits per heavy atom. The van der Waals surface area contributed by atoms with E-state index in [1.165, 1.54) is 0 Å². The number of hydrogen-bond donors (Lipinski definition) is 2. The standard InChI is InChI=1S/C10H15N3/c1-8-10(11)6-5-9(13-8)4-3-7-12-2/h3-6,12H,7,11H2,1-2H3. The molecule has 1 aromatic rings. The van der Waals surface area contributed by atoms with Gasteiger partial charge in [-0.1, -0.05) is 6.08 Å². The lowest BCUT2D eigenvalue weighted by Gasteiger charge is -1.99. The van der Waals surface area contributed by atoms with E-state index in [9.17, 15) is 0 Å². The fraction of sp³-hybridized carbons (Fsp3) is 0.300. The van der Waals surface area contributed by atoms with E-state index in [1.807, 2.05) is 38.3 Å². The molecule has 0 bridgehead atoms. The van der Waals surface area contributed by atoms with E-state index in [0.29, 0.717) is 0 Å². The lowest BCUT2D eigenvalue weighted by atomic mass is 10.2. The predicted octanol–water partition coefficient (Wildman–Crippen LogP) is 1.20. The Hall–Kier alpha value is -1.35. The summed E-state index contributed by atoms with van der Waals surface area (Å²) in [5.41, 5.74) is 8.21. The smallest absolute Gasteiger partial charge is 0.0631 e. The highest BCUT2D eigenvalue weighted by molar-refractivity contribution is 5.51. The van der Waals surface area contributed by atoms with Crippen LogP contribution in [0.3, 0.4) is 0 Å². The van der Waals surface area contributed by atoms with Crippen LogP contribution in [0.25, 0.3) is 6.08 Å². The van der Waals surface area contributed by atoms with Crippen molar-refractivity contribution in [3.8, 4) is 0 Å². The first kappa shape index (κ1) is 9.74. The predicted molar refractivity (Wildman–Crippen MR) is 56.3 cm³/mol. The van der Waals surface area contributed by atoms with Crippen LogP contribution in [0.2, 0.25) is 0 Å². The number of nitrogens with two attached hydrogens (primary N) is 1. The van der Waals surface area contributed by atoms with Gasteiger partial charge in [0.25, 0.3) is 0 Å². The summed E-state index contributed by atoms with van der Waals surface area (Å²) >= 11 is 0. The number of anilines is 1. The second-order valence-electron chi connectivity index (χ2n) is 2.87. The van der Waals surface area contributed by atoms with Crippen LogP contribution >= 0.6 is 0 Å². The van der Waals surface area contributed by atoms with Gasteiger partial charge < -0.3 is 11.1 Å². The molecule has 0 aliphatic carbocycles. The first-order valence-electron chi connectivity index (χ1n) is 4.28. The molecule has 1 rings (SSSR count). The molecule has 0 unspecified atom stereocenters. The molecule has 1 aromatic heterocycles. The molecular formula is C10H15N3. The van der Waals surface area contributed by atoms with Crippen molar-refractivity contribution in [3.63, 3.8) is 0 Å². The molecule has 0 aliphatic rings. The van der Waals surface area contributed by atoms with E-state index >= 15 is 0 Å². The molecule has 0 aliphatic heterocycles. The highest BCUT2D eigenvalue weighted by Crippen LogP contribution is 2.08. The molecule has 3 nitrogen and oxygen atoms in total. The number of nitrogens with zero attached hydrogens (tertiary/aromatic N) is 1. The topological polar surface area (TPSA) is 50.9 Å². The number of hydrogen-bond acceptors (Lipinski definition) is 3. The van der Waals surface area contributed by atoms with Gasteiger partial charge >= 0.3 is 0 Å². The summed E-state index contributed by atoms with van der Waals surface area (Å²) < 4.78 is 0. The molecule has 0 atom stereocenters. The van der Waals surface area contributed by atoms with E-state index in [1.54, 1.807) is 0 Å². The van der Waals surface area contributed by atoms with Crippen LogP contribution in [0.5, 0.6) is 0 Å². The minimum Gasteiger partial charge on any atom is -0.397 e. The lowest BCUT2D eigenvalue weighted by molar-refractivity contribution is 0.922. The number of aryl methyl sites for hydroxylation is 1. The van der Waals surface area contributed by atoms with E-state index in [0.717, 1.165) is 23.6 Å². The molecule has 0 amide bonds. The molecule has 3 heteroatoms. The number of aromatic nitrogens is 1. The van der Waals surface area contributed by atoms with Crippen molar-refractivity contribution in [2.45, 2.75) is 6.92 Å². The van der Waals surface area contributed by atoms with Crippen LogP contribution in [-0.4, -0.2) is 18.6 Å². The van der Waals surface area contributed by atoms with Gasteiger partial charge in [0, 0.05) is 6.54 Å². The zero-order valence-electron chi connectivity index (χ0n) is 8.04. The summed E-state index contributed by atoms with van der Waals surface area (Å²) in [5.74, 6) is 0. The van der Waals surface area contributed by atoms with Crippen molar-refractivity contribution in [2.75, 3.05) is 19.3 Å².